The van der Waals surface area contributed by atoms with Crippen molar-refractivity contribution < 1.29 is 14.0 Å². The van der Waals surface area contributed by atoms with E-state index in [4.69, 9.17) is 9.40 Å². The van der Waals surface area contributed by atoms with Crippen LogP contribution in [-0.2, 0) is 0 Å². The van der Waals surface area contributed by atoms with Crippen LogP contribution in [0.15, 0.2) is 83.5 Å². The van der Waals surface area contributed by atoms with Crippen molar-refractivity contribution in [3.8, 4) is 11.5 Å². The number of pyridine rings is 1. The van der Waals surface area contributed by atoms with Crippen molar-refractivity contribution in [2.24, 2.45) is 0 Å². The van der Waals surface area contributed by atoms with Crippen LogP contribution in [0.4, 0.5) is 0 Å². The summed E-state index contributed by atoms with van der Waals surface area (Å²) in [6, 6.07) is 22.7. The predicted octanol–water partition coefficient (Wildman–Crippen LogP) is 5.65. The van der Waals surface area contributed by atoms with E-state index in [-0.39, 0.29) is 17.9 Å². The van der Waals surface area contributed by atoms with Crippen molar-refractivity contribution in [2.45, 2.75) is 32.2 Å². The van der Waals surface area contributed by atoms with E-state index in [0.717, 1.165) is 30.2 Å². The van der Waals surface area contributed by atoms with Crippen LogP contribution >= 0.6 is 0 Å². The molecule has 1 aliphatic rings. The average molecular weight is 468 g/mol. The Bertz CT molecular complexity index is 1310. The van der Waals surface area contributed by atoms with E-state index >= 15 is 0 Å². The molecule has 6 heteroatoms. The standard InChI is InChI=1S/C29H29N3O3/c1-2-16-32(22-14-17-31(18-15-22)28(33)21-9-4-3-5-10-21)29(34)24-20-26(27-13-8-19-35-27)30-25-12-7-6-11-23(24)25/h3-13,19-20,22H,2,14-18H2,1H3. The summed E-state index contributed by atoms with van der Waals surface area (Å²) in [5.41, 5.74) is 2.76. The maximum Gasteiger partial charge on any atom is 0.254 e. The second-order valence-corrected chi connectivity index (χ2v) is 8.94. The third-order valence-corrected chi connectivity index (χ3v) is 6.66. The molecule has 0 unspecified atom stereocenters. The summed E-state index contributed by atoms with van der Waals surface area (Å²) in [6.45, 7) is 4.04. The highest BCUT2D eigenvalue weighted by atomic mass is 16.3. The van der Waals surface area contributed by atoms with Gasteiger partial charge in [-0.3, -0.25) is 9.59 Å². The van der Waals surface area contributed by atoms with E-state index in [0.29, 0.717) is 42.2 Å². The van der Waals surface area contributed by atoms with Gasteiger partial charge < -0.3 is 14.2 Å². The summed E-state index contributed by atoms with van der Waals surface area (Å²) < 4.78 is 5.57. The fourth-order valence-corrected chi connectivity index (χ4v) is 4.89. The largest absolute Gasteiger partial charge is 0.463 e. The van der Waals surface area contributed by atoms with Crippen molar-refractivity contribution in [3.05, 3.63) is 90.2 Å². The monoisotopic (exact) mass is 467 g/mol. The van der Waals surface area contributed by atoms with Gasteiger partial charge in [0.05, 0.1) is 17.3 Å². The minimum atomic E-state index is 0.00564. The number of carbonyl (C=O) groups excluding carboxylic acids is 2. The second kappa shape index (κ2) is 10.1. The first kappa shape index (κ1) is 22.8. The van der Waals surface area contributed by atoms with E-state index in [9.17, 15) is 9.59 Å². The van der Waals surface area contributed by atoms with Gasteiger partial charge in [0.1, 0.15) is 5.69 Å². The molecule has 2 aromatic carbocycles. The Morgan fingerprint density at radius 2 is 1.74 bits per heavy atom. The SMILES string of the molecule is CCCN(C(=O)c1cc(-c2ccco2)nc2ccccc12)C1CCN(C(=O)c2ccccc2)CC1. The number of benzene rings is 2. The number of nitrogens with zero attached hydrogens (tertiary/aromatic N) is 3. The van der Waals surface area contributed by atoms with Crippen LogP contribution in [0.1, 0.15) is 46.9 Å². The molecule has 1 fully saturated rings. The number of hydrogen-bond acceptors (Lipinski definition) is 4. The summed E-state index contributed by atoms with van der Waals surface area (Å²) in [5, 5.41) is 0.839. The fourth-order valence-electron chi connectivity index (χ4n) is 4.89. The Balaban J connectivity index is 1.40. The number of piperidine rings is 1. The zero-order valence-corrected chi connectivity index (χ0v) is 19.9. The maximum atomic E-state index is 14.0. The number of carbonyl (C=O) groups is 2. The van der Waals surface area contributed by atoms with Crippen LogP contribution in [-0.4, -0.2) is 52.3 Å². The summed E-state index contributed by atoms with van der Waals surface area (Å²) in [4.78, 5) is 35.5. The molecule has 0 atom stereocenters. The summed E-state index contributed by atoms with van der Waals surface area (Å²) >= 11 is 0. The number of amides is 2. The molecule has 6 nitrogen and oxygen atoms in total. The molecule has 0 radical (unpaired) electrons. The van der Waals surface area contributed by atoms with Crippen molar-refractivity contribution >= 4 is 22.7 Å². The van der Waals surface area contributed by atoms with Gasteiger partial charge in [0.15, 0.2) is 5.76 Å². The zero-order chi connectivity index (χ0) is 24.2. The third-order valence-electron chi connectivity index (χ3n) is 6.66. The van der Waals surface area contributed by atoms with Gasteiger partial charge >= 0.3 is 0 Å². The molecule has 0 saturated carbocycles. The lowest BCUT2D eigenvalue weighted by atomic mass is 9.99. The van der Waals surface area contributed by atoms with E-state index in [2.05, 4.69) is 6.92 Å². The van der Waals surface area contributed by atoms with Crippen molar-refractivity contribution in [1.82, 2.24) is 14.8 Å². The van der Waals surface area contributed by atoms with E-state index in [1.165, 1.54) is 0 Å². The molecule has 1 aliphatic heterocycles. The number of hydrogen-bond donors (Lipinski definition) is 0. The first-order chi connectivity index (χ1) is 17.2. The van der Waals surface area contributed by atoms with Crippen molar-refractivity contribution in [3.63, 3.8) is 0 Å². The van der Waals surface area contributed by atoms with Gasteiger partial charge in [-0.15, -0.1) is 0 Å². The Labute approximate surface area is 205 Å². The molecule has 0 bridgehead atoms. The Hall–Kier alpha value is -3.93. The maximum absolute atomic E-state index is 14.0. The molecule has 0 aliphatic carbocycles. The van der Waals surface area contributed by atoms with Crippen LogP contribution in [0, 0.1) is 0 Å². The van der Waals surface area contributed by atoms with Crippen LogP contribution in [0.5, 0.6) is 0 Å². The highest BCUT2D eigenvalue weighted by Gasteiger charge is 2.31. The topological polar surface area (TPSA) is 66.7 Å². The molecule has 0 spiro atoms. The molecular weight excluding hydrogens is 438 g/mol. The Morgan fingerprint density at radius 1 is 1.00 bits per heavy atom. The Morgan fingerprint density at radius 3 is 2.46 bits per heavy atom. The van der Waals surface area contributed by atoms with Crippen LogP contribution in [0.3, 0.4) is 0 Å². The summed E-state index contributed by atoms with van der Waals surface area (Å²) in [7, 11) is 0. The Kier molecular flexibility index (Phi) is 6.62. The van der Waals surface area contributed by atoms with Gasteiger partial charge in [0, 0.05) is 36.6 Å². The van der Waals surface area contributed by atoms with Gasteiger partial charge in [-0.1, -0.05) is 43.3 Å². The number of rotatable bonds is 6. The quantitative estimate of drug-likeness (QED) is 0.367. The van der Waals surface area contributed by atoms with Crippen molar-refractivity contribution in [1.29, 1.82) is 0 Å². The first-order valence-corrected chi connectivity index (χ1v) is 12.2. The number of fused-ring (bicyclic) bond motifs is 1. The smallest absolute Gasteiger partial charge is 0.254 e. The molecule has 4 aromatic rings. The highest BCUT2D eigenvalue weighted by Crippen LogP contribution is 2.28. The van der Waals surface area contributed by atoms with Crippen LogP contribution in [0.25, 0.3) is 22.4 Å². The molecule has 1 saturated heterocycles. The van der Waals surface area contributed by atoms with Gasteiger partial charge in [-0.05, 0) is 55.7 Å². The van der Waals surface area contributed by atoms with Gasteiger partial charge in [0.25, 0.3) is 11.8 Å². The first-order valence-electron chi connectivity index (χ1n) is 12.2. The molecule has 0 N–H and O–H groups in total. The second-order valence-electron chi connectivity index (χ2n) is 8.94. The van der Waals surface area contributed by atoms with Gasteiger partial charge in [-0.2, -0.15) is 0 Å². The van der Waals surface area contributed by atoms with E-state index < -0.39 is 0 Å². The number of para-hydroxylation sites is 1. The third kappa shape index (κ3) is 4.69. The lowest BCUT2D eigenvalue weighted by Crippen LogP contribution is -2.49. The average Bonchev–Trinajstić information content (AvgIpc) is 3.46. The number of aromatic nitrogens is 1. The van der Waals surface area contributed by atoms with Gasteiger partial charge in [0.2, 0.25) is 0 Å². The molecule has 35 heavy (non-hydrogen) atoms. The van der Waals surface area contributed by atoms with Gasteiger partial charge in [-0.25, -0.2) is 4.98 Å². The molecular formula is C29H29N3O3. The summed E-state index contributed by atoms with van der Waals surface area (Å²) in [5.74, 6) is 0.700. The molecule has 178 valence electrons. The minimum Gasteiger partial charge on any atom is -0.463 e. The number of likely N-dealkylation sites (tertiary alicyclic amines) is 1. The lowest BCUT2D eigenvalue weighted by molar-refractivity contribution is 0.0520. The lowest BCUT2D eigenvalue weighted by Gasteiger charge is -2.38. The predicted molar refractivity (Wildman–Crippen MR) is 136 cm³/mol. The van der Waals surface area contributed by atoms with Crippen molar-refractivity contribution in [2.75, 3.05) is 19.6 Å². The van der Waals surface area contributed by atoms with Crippen LogP contribution < -0.4 is 0 Å². The fraction of sp³-hybridized carbons (Fsp3) is 0.276. The molecule has 2 amide bonds. The highest BCUT2D eigenvalue weighted by molar-refractivity contribution is 6.07. The summed E-state index contributed by atoms with van der Waals surface area (Å²) in [6.07, 6.45) is 4.00. The normalized spacial score (nSPS) is 14.3. The van der Waals surface area contributed by atoms with E-state index in [1.54, 1.807) is 6.26 Å². The molecule has 2 aromatic heterocycles. The van der Waals surface area contributed by atoms with Crippen LogP contribution in [0.2, 0.25) is 0 Å². The molecule has 5 rings (SSSR count). The van der Waals surface area contributed by atoms with E-state index in [1.807, 2.05) is 82.6 Å². The zero-order valence-electron chi connectivity index (χ0n) is 19.9. The number of furan rings is 1. The molecule has 3 heterocycles. The minimum absolute atomic E-state index is 0.00564.